The van der Waals surface area contributed by atoms with Crippen LogP contribution in [0.3, 0.4) is 0 Å². The second-order valence-corrected chi connectivity index (χ2v) is 5.87. The Hall–Kier alpha value is -1.36. The van der Waals surface area contributed by atoms with Crippen molar-refractivity contribution in [3.05, 3.63) is 28.7 Å². The highest BCUT2D eigenvalue weighted by molar-refractivity contribution is 9.10. The summed E-state index contributed by atoms with van der Waals surface area (Å²) in [5, 5.41) is 2.84. The van der Waals surface area contributed by atoms with Crippen LogP contribution in [0.2, 0.25) is 0 Å². The first-order valence-electron chi connectivity index (χ1n) is 6.97. The molecular formula is C15H19BrN2O2. The van der Waals surface area contributed by atoms with Crippen molar-refractivity contribution in [1.29, 1.82) is 0 Å². The topological polar surface area (TPSA) is 49.4 Å². The Balaban J connectivity index is 2.35. The molecule has 1 aromatic rings. The second-order valence-electron chi connectivity index (χ2n) is 4.96. The van der Waals surface area contributed by atoms with Crippen molar-refractivity contribution in [2.75, 3.05) is 4.90 Å². The largest absolute Gasteiger partial charge is 0.342 e. The molecule has 20 heavy (non-hydrogen) atoms. The van der Waals surface area contributed by atoms with E-state index in [0.717, 1.165) is 16.6 Å². The Bertz CT molecular complexity index is 501. The van der Waals surface area contributed by atoms with Crippen LogP contribution in [0.15, 0.2) is 28.7 Å². The molecule has 1 aromatic carbocycles. The van der Waals surface area contributed by atoms with Gasteiger partial charge in [0.05, 0.1) is 0 Å². The zero-order valence-electron chi connectivity index (χ0n) is 11.7. The van der Waals surface area contributed by atoms with Crippen molar-refractivity contribution in [1.82, 2.24) is 5.32 Å². The highest BCUT2D eigenvalue weighted by atomic mass is 79.9. The van der Waals surface area contributed by atoms with Gasteiger partial charge in [0.1, 0.15) is 12.1 Å². The first-order valence-corrected chi connectivity index (χ1v) is 7.76. The van der Waals surface area contributed by atoms with Crippen molar-refractivity contribution in [3.8, 4) is 0 Å². The number of rotatable bonds is 4. The molecule has 5 heteroatoms. The maximum absolute atomic E-state index is 12.6. The maximum Gasteiger partial charge on any atom is 0.250 e. The molecule has 1 fully saturated rings. The van der Waals surface area contributed by atoms with E-state index in [1.807, 2.05) is 38.1 Å². The highest BCUT2D eigenvalue weighted by Gasteiger charge is 2.39. The van der Waals surface area contributed by atoms with Gasteiger partial charge in [-0.15, -0.1) is 0 Å². The molecule has 0 bridgehead atoms. The van der Waals surface area contributed by atoms with Crippen LogP contribution in [0.5, 0.6) is 0 Å². The smallest absolute Gasteiger partial charge is 0.250 e. The number of benzene rings is 1. The fourth-order valence-corrected chi connectivity index (χ4v) is 2.79. The lowest BCUT2D eigenvalue weighted by Crippen LogP contribution is -2.63. The van der Waals surface area contributed by atoms with E-state index in [1.165, 1.54) is 0 Å². The number of nitrogens with zero attached hydrogens (tertiary/aromatic N) is 1. The van der Waals surface area contributed by atoms with Crippen molar-refractivity contribution in [2.45, 2.75) is 45.2 Å². The highest BCUT2D eigenvalue weighted by Crippen LogP contribution is 2.25. The third kappa shape index (κ3) is 2.87. The number of carbonyl (C=O) groups excluding carboxylic acids is 2. The normalized spacial score (nSPS) is 22.9. The van der Waals surface area contributed by atoms with Crippen LogP contribution in [-0.2, 0) is 9.59 Å². The van der Waals surface area contributed by atoms with Crippen molar-refractivity contribution < 1.29 is 9.59 Å². The molecule has 2 amide bonds. The molecule has 1 heterocycles. The van der Waals surface area contributed by atoms with E-state index in [0.29, 0.717) is 12.8 Å². The van der Waals surface area contributed by atoms with Crippen LogP contribution >= 0.6 is 15.9 Å². The summed E-state index contributed by atoms with van der Waals surface area (Å²) in [6.45, 7) is 3.93. The molecule has 1 aliphatic rings. The first kappa shape index (κ1) is 15.0. The van der Waals surface area contributed by atoms with Gasteiger partial charge in [0.2, 0.25) is 11.8 Å². The third-order valence-electron chi connectivity index (χ3n) is 3.54. The fraction of sp³-hybridized carbons (Fsp3) is 0.467. The standard InChI is InChI=1S/C15H19BrN2O2/c1-3-5-12-15(20)18(13(4-2)14(19)17-12)11-8-6-10(16)7-9-11/h6-9,12-13H,3-5H2,1-2H3,(H,17,19). The van der Waals surface area contributed by atoms with Gasteiger partial charge in [0.15, 0.2) is 0 Å². The predicted octanol–water partition coefficient (Wildman–Crippen LogP) is 2.86. The number of hydrogen-bond acceptors (Lipinski definition) is 2. The maximum atomic E-state index is 12.6. The van der Waals surface area contributed by atoms with Crippen LogP contribution in [0.4, 0.5) is 5.69 Å². The Morgan fingerprint density at radius 1 is 1.20 bits per heavy atom. The van der Waals surface area contributed by atoms with E-state index in [1.54, 1.807) is 4.90 Å². The Morgan fingerprint density at radius 2 is 1.85 bits per heavy atom. The Labute approximate surface area is 127 Å². The summed E-state index contributed by atoms with van der Waals surface area (Å²) in [5.74, 6) is -0.0749. The molecule has 1 saturated heterocycles. The van der Waals surface area contributed by atoms with Crippen LogP contribution in [0, 0.1) is 0 Å². The summed E-state index contributed by atoms with van der Waals surface area (Å²) in [6.07, 6.45) is 2.14. The summed E-state index contributed by atoms with van der Waals surface area (Å²) >= 11 is 3.38. The summed E-state index contributed by atoms with van der Waals surface area (Å²) < 4.78 is 0.952. The van der Waals surface area contributed by atoms with E-state index >= 15 is 0 Å². The van der Waals surface area contributed by atoms with Gasteiger partial charge in [-0.25, -0.2) is 0 Å². The minimum atomic E-state index is -0.420. The molecular weight excluding hydrogens is 320 g/mol. The van der Waals surface area contributed by atoms with Gasteiger partial charge in [-0.05, 0) is 37.1 Å². The van der Waals surface area contributed by atoms with Crippen molar-refractivity contribution in [2.24, 2.45) is 0 Å². The number of hydrogen-bond donors (Lipinski definition) is 1. The molecule has 1 aliphatic heterocycles. The molecule has 1 N–H and O–H groups in total. The summed E-state index contributed by atoms with van der Waals surface area (Å²) in [4.78, 5) is 26.5. The number of amides is 2. The number of carbonyl (C=O) groups is 2. The van der Waals surface area contributed by atoms with Gasteiger partial charge in [0, 0.05) is 10.2 Å². The van der Waals surface area contributed by atoms with E-state index in [9.17, 15) is 9.59 Å². The molecule has 0 spiro atoms. The van der Waals surface area contributed by atoms with E-state index in [2.05, 4.69) is 21.2 Å². The van der Waals surface area contributed by atoms with E-state index in [4.69, 9.17) is 0 Å². The van der Waals surface area contributed by atoms with E-state index in [-0.39, 0.29) is 11.8 Å². The van der Waals surface area contributed by atoms with Gasteiger partial charge < -0.3 is 5.32 Å². The minimum absolute atomic E-state index is 0.0133. The Kier molecular flexibility index (Phi) is 4.81. The third-order valence-corrected chi connectivity index (χ3v) is 4.06. The zero-order valence-corrected chi connectivity index (χ0v) is 13.3. The molecule has 108 valence electrons. The quantitative estimate of drug-likeness (QED) is 0.917. The van der Waals surface area contributed by atoms with Gasteiger partial charge >= 0.3 is 0 Å². The Morgan fingerprint density at radius 3 is 2.40 bits per heavy atom. The number of nitrogens with one attached hydrogen (secondary N) is 1. The molecule has 2 atom stereocenters. The lowest BCUT2D eigenvalue weighted by atomic mass is 10.0. The fourth-order valence-electron chi connectivity index (χ4n) is 2.53. The second kappa shape index (κ2) is 6.39. The molecule has 0 radical (unpaired) electrons. The van der Waals surface area contributed by atoms with Crippen molar-refractivity contribution in [3.63, 3.8) is 0 Å². The number of piperazine rings is 1. The lowest BCUT2D eigenvalue weighted by molar-refractivity contribution is -0.134. The van der Waals surface area contributed by atoms with Crippen molar-refractivity contribution >= 4 is 33.4 Å². The number of anilines is 1. The minimum Gasteiger partial charge on any atom is -0.342 e. The lowest BCUT2D eigenvalue weighted by Gasteiger charge is -2.38. The average molecular weight is 339 g/mol. The number of halogens is 1. The van der Waals surface area contributed by atoms with Crippen LogP contribution in [0.1, 0.15) is 33.1 Å². The van der Waals surface area contributed by atoms with Gasteiger partial charge in [-0.3, -0.25) is 14.5 Å². The van der Waals surface area contributed by atoms with Gasteiger partial charge in [-0.1, -0.05) is 36.2 Å². The first-order chi connectivity index (χ1) is 9.58. The van der Waals surface area contributed by atoms with Gasteiger partial charge in [-0.2, -0.15) is 0 Å². The molecule has 4 nitrogen and oxygen atoms in total. The zero-order chi connectivity index (χ0) is 14.7. The molecule has 2 rings (SSSR count). The summed E-state index contributed by atoms with van der Waals surface area (Å²) in [7, 11) is 0. The van der Waals surface area contributed by atoms with E-state index < -0.39 is 12.1 Å². The van der Waals surface area contributed by atoms with Crippen LogP contribution < -0.4 is 10.2 Å². The summed E-state index contributed by atoms with van der Waals surface area (Å²) in [6, 6.07) is 6.68. The monoisotopic (exact) mass is 338 g/mol. The predicted molar refractivity (Wildman–Crippen MR) is 82.5 cm³/mol. The molecule has 0 aromatic heterocycles. The molecule has 0 saturated carbocycles. The summed E-state index contributed by atoms with van der Waals surface area (Å²) in [5.41, 5.74) is 0.779. The molecule has 2 unspecified atom stereocenters. The van der Waals surface area contributed by atoms with Gasteiger partial charge in [0.25, 0.3) is 0 Å². The van der Waals surface area contributed by atoms with Crippen LogP contribution in [-0.4, -0.2) is 23.9 Å². The molecule has 0 aliphatic carbocycles. The van der Waals surface area contributed by atoms with Crippen LogP contribution in [0.25, 0.3) is 0 Å². The SMILES string of the molecule is CCCC1NC(=O)C(CC)N(c2ccc(Br)cc2)C1=O. The average Bonchev–Trinajstić information content (AvgIpc) is 2.43.